The van der Waals surface area contributed by atoms with Gasteiger partial charge in [0, 0.05) is 6.54 Å². The zero-order valence-electron chi connectivity index (χ0n) is 16.5. The number of hydrogen-bond acceptors (Lipinski definition) is 3. The van der Waals surface area contributed by atoms with Gasteiger partial charge in [-0.2, -0.15) is 0 Å². The van der Waals surface area contributed by atoms with Gasteiger partial charge in [-0.1, -0.05) is 51.2 Å². The van der Waals surface area contributed by atoms with Gasteiger partial charge in [-0.3, -0.25) is 9.69 Å². The number of piperidine rings is 1. The summed E-state index contributed by atoms with van der Waals surface area (Å²) in [5.41, 5.74) is 2.47. The van der Waals surface area contributed by atoms with Gasteiger partial charge in [-0.15, -0.1) is 0 Å². The molecule has 1 fully saturated rings. The van der Waals surface area contributed by atoms with E-state index in [1.165, 1.54) is 43.2 Å². The van der Waals surface area contributed by atoms with Crippen LogP contribution in [-0.2, 0) is 11.3 Å². The maximum Gasteiger partial charge on any atom is 0.306 e. The number of hydrogen-bond donors (Lipinski definition) is 1. The summed E-state index contributed by atoms with van der Waals surface area (Å²) < 4.78 is 5.95. The zero-order chi connectivity index (χ0) is 18.8. The fourth-order valence-corrected chi connectivity index (χ4v) is 3.63. The average molecular weight is 362 g/mol. The first kappa shape index (κ1) is 20.8. The number of carboxylic acids is 1. The Bertz CT molecular complexity index is 550. The van der Waals surface area contributed by atoms with Crippen LogP contribution in [0.25, 0.3) is 0 Å². The largest absolute Gasteiger partial charge is 0.493 e. The highest BCUT2D eigenvalue weighted by Crippen LogP contribution is 2.23. The van der Waals surface area contributed by atoms with Crippen LogP contribution in [0.3, 0.4) is 0 Å². The van der Waals surface area contributed by atoms with E-state index in [1.807, 2.05) is 0 Å². The summed E-state index contributed by atoms with van der Waals surface area (Å²) in [4.78, 5) is 13.4. The third-order valence-corrected chi connectivity index (χ3v) is 5.34. The van der Waals surface area contributed by atoms with Gasteiger partial charge in [0.1, 0.15) is 5.75 Å². The van der Waals surface area contributed by atoms with Crippen LogP contribution in [0.1, 0.15) is 69.4 Å². The molecule has 0 spiro atoms. The molecule has 0 saturated carbocycles. The molecular formula is C22H35NO3. The molecule has 0 unspecified atom stereocenters. The molecule has 1 aliphatic rings. The van der Waals surface area contributed by atoms with Crippen molar-refractivity contribution < 1.29 is 14.6 Å². The highest BCUT2D eigenvalue weighted by atomic mass is 16.5. The molecule has 146 valence electrons. The molecule has 1 aromatic carbocycles. The van der Waals surface area contributed by atoms with Crippen LogP contribution in [-0.4, -0.2) is 35.7 Å². The summed E-state index contributed by atoms with van der Waals surface area (Å²) in [6.07, 6.45) is 9.19. The van der Waals surface area contributed by atoms with Crippen LogP contribution in [0.15, 0.2) is 18.2 Å². The smallest absolute Gasteiger partial charge is 0.306 e. The summed E-state index contributed by atoms with van der Waals surface area (Å²) >= 11 is 0. The van der Waals surface area contributed by atoms with Crippen molar-refractivity contribution in [3.63, 3.8) is 0 Å². The van der Waals surface area contributed by atoms with E-state index in [-0.39, 0.29) is 5.92 Å². The fourth-order valence-electron chi connectivity index (χ4n) is 3.63. The zero-order valence-corrected chi connectivity index (χ0v) is 16.5. The first-order valence-electron chi connectivity index (χ1n) is 10.3. The number of benzene rings is 1. The topological polar surface area (TPSA) is 49.8 Å². The second-order valence-electron chi connectivity index (χ2n) is 7.60. The van der Waals surface area contributed by atoms with Crippen molar-refractivity contribution in [3.8, 4) is 5.75 Å². The van der Waals surface area contributed by atoms with Gasteiger partial charge in [-0.25, -0.2) is 0 Å². The number of aryl methyl sites for hydroxylation is 1. The van der Waals surface area contributed by atoms with Gasteiger partial charge in [-0.05, 0) is 56.5 Å². The van der Waals surface area contributed by atoms with E-state index in [0.717, 1.165) is 51.3 Å². The van der Waals surface area contributed by atoms with Crippen molar-refractivity contribution in [2.75, 3.05) is 19.7 Å². The first-order valence-corrected chi connectivity index (χ1v) is 10.3. The Morgan fingerprint density at radius 2 is 1.85 bits per heavy atom. The quantitative estimate of drug-likeness (QED) is 0.562. The summed E-state index contributed by atoms with van der Waals surface area (Å²) in [6.45, 7) is 7.78. The Kier molecular flexibility index (Phi) is 8.96. The predicted molar refractivity (Wildman–Crippen MR) is 106 cm³/mol. The highest BCUT2D eigenvalue weighted by Gasteiger charge is 2.24. The number of carboxylic acid groups (broad SMARTS) is 1. The number of carbonyl (C=O) groups is 1. The highest BCUT2D eigenvalue weighted by molar-refractivity contribution is 5.70. The average Bonchev–Trinajstić information content (AvgIpc) is 2.63. The molecule has 1 aliphatic heterocycles. The van der Waals surface area contributed by atoms with E-state index in [9.17, 15) is 4.79 Å². The van der Waals surface area contributed by atoms with Crippen molar-refractivity contribution in [1.29, 1.82) is 0 Å². The van der Waals surface area contributed by atoms with E-state index in [2.05, 4.69) is 36.9 Å². The van der Waals surface area contributed by atoms with Gasteiger partial charge in [0.15, 0.2) is 0 Å². The SMILES string of the molecule is CCCCCCCCOc1ccc(CN2CCC(C(=O)O)CC2)cc1C. The summed E-state index contributed by atoms with van der Waals surface area (Å²) in [5, 5.41) is 9.09. The lowest BCUT2D eigenvalue weighted by Gasteiger charge is -2.30. The van der Waals surface area contributed by atoms with Gasteiger partial charge in [0.05, 0.1) is 12.5 Å². The molecule has 0 bridgehead atoms. The minimum absolute atomic E-state index is 0.161. The monoisotopic (exact) mass is 361 g/mol. The molecule has 1 N–H and O–H groups in total. The van der Waals surface area contributed by atoms with Crippen LogP contribution in [0.5, 0.6) is 5.75 Å². The first-order chi connectivity index (χ1) is 12.6. The molecule has 4 heteroatoms. The van der Waals surface area contributed by atoms with Gasteiger partial charge < -0.3 is 9.84 Å². The maximum absolute atomic E-state index is 11.0. The predicted octanol–water partition coefficient (Wildman–Crippen LogP) is 5.03. The molecule has 4 nitrogen and oxygen atoms in total. The van der Waals surface area contributed by atoms with E-state index in [1.54, 1.807) is 0 Å². The molecule has 0 atom stereocenters. The van der Waals surface area contributed by atoms with Crippen LogP contribution < -0.4 is 4.74 Å². The number of likely N-dealkylation sites (tertiary alicyclic amines) is 1. The van der Waals surface area contributed by atoms with Gasteiger partial charge in [0.2, 0.25) is 0 Å². The minimum Gasteiger partial charge on any atom is -0.493 e. The lowest BCUT2D eigenvalue weighted by Crippen LogP contribution is -2.35. The van der Waals surface area contributed by atoms with Crippen LogP contribution in [0.4, 0.5) is 0 Å². The minimum atomic E-state index is -0.646. The van der Waals surface area contributed by atoms with Gasteiger partial charge in [0.25, 0.3) is 0 Å². The standard InChI is InChI=1S/C22H35NO3/c1-3-4-5-6-7-8-15-26-21-10-9-19(16-18(21)2)17-23-13-11-20(12-14-23)22(24)25/h9-10,16,20H,3-8,11-15,17H2,1-2H3,(H,24,25). The molecule has 26 heavy (non-hydrogen) atoms. The number of nitrogens with zero attached hydrogens (tertiary/aromatic N) is 1. The van der Waals surface area contributed by atoms with Crippen molar-refractivity contribution >= 4 is 5.97 Å². The summed E-state index contributed by atoms with van der Waals surface area (Å²) in [5.74, 6) is 0.185. The van der Waals surface area contributed by atoms with Crippen LogP contribution in [0.2, 0.25) is 0 Å². The van der Waals surface area contributed by atoms with Crippen molar-refractivity contribution in [2.45, 2.75) is 71.8 Å². The van der Waals surface area contributed by atoms with Crippen molar-refractivity contribution in [2.24, 2.45) is 5.92 Å². The molecule has 0 amide bonds. The number of ether oxygens (including phenoxy) is 1. The number of rotatable bonds is 11. The van der Waals surface area contributed by atoms with Gasteiger partial charge >= 0.3 is 5.97 Å². The number of unbranched alkanes of at least 4 members (excludes halogenated alkanes) is 5. The second kappa shape index (κ2) is 11.2. The normalized spacial score (nSPS) is 15.9. The Morgan fingerprint density at radius 3 is 2.50 bits per heavy atom. The Morgan fingerprint density at radius 1 is 1.15 bits per heavy atom. The Labute approximate surface area is 158 Å². The second-order valence-corrected chi connectivity index (χ2v) is 7.60. The Hall–Kier alpha value is -1.55. The summed E-state index contributed by atoms with van der Waals surface area (Å²) in [6, 6.07) is 6.44. The lowest BCUT2D eigenvalue weighted by atomic mass is 9.96. The molecule has 2 rings (SSSR count). The molecular weight excluding hydrogens is 326 g/mol. The Balaban J connectivity index is 1.71. The van der Waals surface area contributed by atoms with Crippen molar-refractivity contribution in [3.05, 3.63) is 29.3 Å². The maximum atomic E-state index is 11.0. The van der Waals surface area contributed by atoms with Crippen molar-refractivity contribution in [1.82, 2.24) is 4.90 Å². The molecule has 1 heterocycles. The molecule has 0 radical (unpaired) electrons. The third-order valence-electron chi connectivity index (χ3n) is 5.34. The molecule has 1 aromatic rings. The van der Waals surface area contributed by atoms with Crippen LogP contribution >= 0.6 is 0 Å². The van der Waals surface area contributed by atoms with Crippen LogP contribution in [0, 0.1) is 12.8 Å². The lowest BCUT2D eigenvalue weighted by molar-refractivity contribution is -0.143. The van der Waals surface area contributed by atoms with E-state index in [0.29, 0.717) is 0 Å². The number of aliphatic carboxylic acids is 1. The van der Waals surface area contributed by atoms with E-state index < -0.39 is 5.97 Å². The molecule has 1 saturated heterocycles. The van der Waals surface area contributed by atoms with E-state index >= 15 is 0 Å². The third kappa shape index (κ3) is 6.99. The fraction of sp³-hybridized carbons (Fsp3) is 0.682. The summed E-state index contributed by atoms with van der Waals surface area (Å²) in [7, 11) is 0. The van der Waals surface area contributed by atoms with E-state index in [4.69, 9.17) is 9.84 Å². The molecule has 0 aliphatic carbocycles. The molecule has 0 aromatic heterocycles.